The fourth-order valence-corrected chi connectivity index (χ4v) is 2.81. The number of ether oxygens (including phenoxy) is 2. The fraction of sp³-hybridized carbons (Fsp3) is 0.667. The van der Waals surface area contributed by atoms with Gasteiger partial charge < -0.3 is 14.8 Å². The third-order valence-electron chi connectivity index (χ3n) is 2.84. The van der Waals surface area contributed by atoms with Gasteiger partial charge in [-0.1, -0.05) is 11.6 Å². The number of nitrogens with one attached hydrogen (secondary N) is 1. The van der Waals surface area contributed by atoms with Crippen molar-refractivity contribution in [3.8, 4) is 6.07 Å². The number of nitrogens with zero attached hydrogens (tertiary/aromatic N) is 2. The Morgan fingerprint density at radius 3 is 3.26 bits per heavy atom. The predicted octanol–water partition coefficient (Wildman–Crippen LogP) is 2.67. The molecule has 1 aromatic rings. The molecule has 5 nitrogen and oxygen atoms in total. The van der Waals surface area contributed by atoms with Crippen molar-refractivity contribution in [2.45, 2.75) is 25.4 Å². The minimum absolute atomic E-state index is 0.268. The fourth-order valence-electron chi connectivity index (χ4n) is 1.85. The largest absolute Gasteiger partial charge is 0.379 e. The maximum atomic E-state index is 8.90. The molecule has 1 fully saturated rings. The maximum absolute atomic E-state index is 8.90. The van der Waals surface area contributed by atoms with E-state index in [9.17, 15) is 0 Å². The summed E-state index contributed by atoms with van der Waals surface area (Å²) in [4.78, 5) is 0. The SMILES string of the molecule is N#Cc1c(Cl)nsc1NCCCOC[C@H]1CCCO1. The Morgan fingerprint density at radius 2 is 2.53 bits per heavy atom. The molecule has 0 unspecified atom stereocenters. The van der Waals surface area contributed by atoms with Crippen molar-refractivity contribution in [1.29, 1.82) is 5.26 Å². The van der Waals surface area contributed by atoms with Crippen molar-refractivity contribution < 1.29 is 9.47 Å². The van der Waals surface area contributed by atoms with Crippen LogP contribution in [0, 0.1) is 11.3 Å². The van der Waals surface area contributed by atoms with Gasteiger partial charge in [-0.15, -0.1) is 0 Å². The smallest absolute Gasteiger partial charge is 0.162 e. The summed E-state index contributed by atoms with van der Waals surface area (Å²) < 4.78 is 14.9. The molecule has 1 N–H and O–H groups in total. The molecule has 1 aliphatic heterocycles. The van der Waals surface area contributed by atoms with Crippen LogP contribution in [0.3, 0.4) is 0 Å². The standard InChI is InChI=1S/C12H16ClN3O2S/c13-11-10(7-14)12(19-16-11)15-4-2-5-17-8-9-3-1-6-18-9/h9,15H,1-6,8H2/t9-/m1/s1. The summed E-state index contributed by atoms with van der Waals surface area (Å²) in [6.07, 6.45) is 3.38. The molecule has 1 aromatic heterocycles. The van der Waals surface area contributed by atoms with E-state index < -0.39 is 0 Å². The highest BCUT2D eigenvalue weighted by Gasteiger charge is 2.15. The summed E-state index contributed by atoms with van der Waals surface area (Å²) in [5, 5.41) is 13.1. The second-order valence-corrected chi connectivity index (χ2v) is 5.41. The molecule has 0 aliphatic carbocycles. The summed E-state index contributed by atoms with van der Waals surface area (Å²) in [6.45, 7) is 2.95. The number of halogens is 1. The Labute approximate surface area is 121 Å². The highest BCUT2D eigenvalue weighted by molar-refractivity contribution is 7.10. The van der Waals surface area contributed by atoms with Crippen molar-refractivity contribution in [1.82, 2.24) is 4.37 Å². The predicted molar refractivity (Wildman–Crippen MR) is 74.7 cm³/mol. The quantitative estimate of drug-likeness (QED) is 0.784. The lowest BCUT2D eigenvalue weighted by atomic mass is 10.2. The molecule has 2 heterocycles. The highest BCUT2D eigenvalue weighted by Crippen LogP contribution is 2.27. The Hall–Kier alpha value is -0.870. The van der Waals surface area contributed by atoms with Crippen LogP contribution in [0.1, 0.15) is 24.8 Å². The van der Waals surface area contributed by atoms with Gasteiger partial charge in [0.1, 0.15) is 16.6 Å². The lowest BCUT2D eigenvalue weighted by molar-refractivity contribution is 0.0172. The first-order chi connectivity index (χ1) is 9.31. The van der Waals surface area contributed by atoms with E-state index >= 15 is 0 Å². The van der Waals surface area contributed by atoms with E-state index in [1.807, 2.05) is 6.07 Å². The molecule has 7 heteroatoms. The van der Waals surface area contributed by atoms with Crippen LogP contribution in [0.25, 0.3) is 0 Å². The van der Waals surface area contributed by atoms with Crippen LogP contribution in [-0.4, -0.2) is 36.8 Å². The lowest BCUT2D eigenvalue weighted by Gasteiger charge is -2.10. The van der Waals surface area contributed by atoms with Crippen molar-refractivity contribution >= 4 is 28.1 Å². The zero-order valence-corrected chi connectivity index (χ0v) is 12.1. The van der Waals surface area contributed by atoms with E-state index in [1.165, 1.54) is 11.5 Å². The Kier molecular flexibility index (Phi) is 5.86. The molecular weight excluding hydrogens is 286 g/mol. The molecule has 104 valence electrons. The van der Waals surface area contributed by atoms with Crippen LogP contribution in [0.5, 0.6) is 0 Å². The molecule has 2 rings (SSSR count). The lowest BCUT2D eigenvalue weighted by Crippen LogP contribution is -2.15. The van der Waals surface area contributed by atoms with Crippen LogP contribution >= 0.6 is 23.1 Å². The van der Waals surface area contributed by atoms with Gasteiger partial charge in [0.25, 0.3) is 0 Å². The zero-order valence-electron chi connectivity index (χ0n) is 10.5. The van der Waals surface area contributed by atoms with Gasteiger partial charge in [-0.25, -0.2) is 0 Å². The van der Waals surface area contributed by atoms with Crippen molar-refractivity contribution in [3.05, 3.63) is 10.7 Å². The minimum atomic E-state index is 0.268. The van der Waals surface area contributed by atoms with Gasteiger partial charge in [-0.3, -0.25) is 0 Å². The van der Waals surface area contributed by atoms with Crippen molar-refractivity contribution in [2.24, 2.45) is 0 Å². The van der Waals surface area contributed by atoms with E-state index in [1.54, 1.807) is 0 Å². The van der Waals surface area contributed by atoms with Gasteiger partial charge in [0.2, 0.25) is 0 Å². The zero-order chi connectivity index (χ0) is 13.5. The molecule has 0 bridgehead atoms. The first-order valence-electron chi connectivity index (χ1n) is 6.29. The molecule has 1 atom stereocenters. The first-order valence-corrected chi connectivity index (χ1v) is 7.45. The van der Waals surface area contributed by atoms with Crippen LogP contribution in [0.15, 0.2) is 0 Å². The highest BCUT2D eigenvalue weighted by atomic mass is 35.5. The number of rotatable bonds is 7. The molecule has 0 aromatic carbocycles. The number of aromatic nitrogens is 1. The number of hydrogen-bond donors (Lipinski definition) is 1. The van der Waals surface area contributed by atoms with Crippen LogP contribution in [0.4, 0.5) is 5.00 Å². The third kappa shape index (κ3) is 4.32. The molecule has 0 radical (unpaired) electrons. The van der Waals surface area contributed by atoms with E-state index in [4.69, 9.17) is 26.3 Å². The maximum Gasteiger partial charge on any atom is 0.162 e. The summed E-state index contributed by atoms with van der Waals surface area (Å²) >= 11 is 6.99. The second-order valence-electron chi connectivity index (χ2n) is 4.28. The number of anilines is 1. The monoisotopic (exact) mass is 301 g/mol. The topological polar surface area (TPSA) is 67.2 Å². The van der Waals surface area contributed by atoms with E-state index in [0.29, 0.717) is 18.8 Å². The Morgan fingerprint density at radius 1 is 1.63 bits per heavy atom. The number of hydrogen-bond acceptors (Lipinski definition) is 6. The van der Waals surface area contributed by atoms with Crippen LogP contribution < -0.4 is 5.32 Å². The second kappa shape index (κ2) is 7.65. The van der Waals surface area contributed by atoms with Gasteiger partial charge in [0.15, 0.2) is 5.15 Å². The Balaban J connectivity index is 1.57. The van der Waals surface area contributed by atoms with E-state index in [0.717, 1.165) is 37.4 Å². The van der Waals surface area contributed by atoms with Gasteiger partial charge >= 0.3 is 0 Å². The van der Waals surface area contributed by atoms with Crippen molar-refractivity contribution in [3.63, 3.8) is 0 Å². The summed E-state index contributed by atoms with van der Waals surface area (Å²) in [6, 6.07) is 2.04. The Bertz CT molecular complexity index is 441. The van der Waals surface area contributed by atoms with Gasteiger partial charge in [0, 0.05) is 19.8 Å². The molecule has 0 spiro atoms. The van der Waals surface area contributed by atoms with Crippen LogP contribution in [-0.2, 0) is 9.47 Å². The minimum Gasteiger partial charge on any atom is -0.379 e. The first kappa shape index (κ1) is 14.5. The van der Waals surface area contributed by atoms with Gasteiger partial charge in [0.05, 0.1) is 12.7 Å². The van der Waals surface area contributed by atoms with E-state index in [2.05, 4.69) is 9.69 Å². The summed E-state index contributed by atoms with van der Waals surface area (Å²) in [5.74, 6) is 0. The average Bonchev–Trinajstić information content (AvgIpc) is 3.03. The molecule has 0 saturated carbocycles. The molecule has 0 amide bonds. The van der Waals surface area contributed by atoms with Crippen LogP contribution in [0.2, 0.25) is 5.15 Å². The molecule has 19 heavy (non-hydrogen) atoms. The average molecular weight is 302 g/mol. The van der Waals surface area contributed by atoms with Gasteiger partial charge in [-0.2, -0.15) is 9.64 Å². The van der Waals surface area contributed by atoms with E-state index in [-0.39, 0.29) is 11.3 Å². The summed E-state index contributed by atoms with van der Waals surface area (Å²) in [7, 11) is 0. The third-order valence-corrected chi connectivity index (χ3v) is 4.02. The number of nitriles is 1. The van der Waals surface area contributed by atoms with Crippen molar-refractivity contribution in [2.75, 3.05) is 31.7 Å². The molecule has 1 saturated heterocycles. The van der Waals surface area contributed by atoms with Gasteiger partial charge in [-0.05, 0) is 30.8 Å². The molecular formula is C12H16ClN3O2S. The molecule has 1 aliphatic rings. The summed E-state index contributed by atoms with van der Waals surface area (Å²) in [5.41, 5.74) is 0.423. The normalized spacial score (nSPS) is 18.4.